The van der Waals surface area contributed by atoms with Crippen molar-refractivity contribution >= 4 is 17.5 Å². The molecule has 1 fully saturated rings. The van der Waals surface area contributed by atoms with E-state index < -0.39 is 17.6 Å². The lowest BCUT2D eigenvalue weighted by Crippen LogP contribution is -2.40. The van der Waals surface area contributed by atoms with E-state index in [4.69, 9.17) is 21.1 Å². The van der Waals surface area contributed by atoms with Gasteiger partial charge < -0.3 is 9.47 Å². The molecule has 1 aliphatic rings. The average molecular weight is 509 g/mol. The molecule has 7 nitrogen and oxygen atoms in total. The number of rotatable bonds is 8. The number of ether oxygens (including phenoxy) is 2. The standard InChI is InChI=1S/C24H24ClF3N4O3/c1-34-14-15-35-22-20(23(33)30-31-12-4-5-13-31)29-32(19-7-3-2-6-18(19)25)21(22)16-8-10-17(11-9-16)24(26,27)28/h2-3,6-11H,4-5,12-15H2,1H3,(H,30,33). The van der Waals surface area contributed by atoms with Gasteiger partial charge in [-0.25, -0.2) is 9.69 Å². The lowest BCUT2D eigenvalue weighted by Gasteiger charge is -2.16. The van der Waals surface area contributed by atoms with Crippen LogP contribution in [0.5, 0.6) is 5.75 Å². The van der Waals surface area contributed by atoms with Gasteiger partial charge in [0.2, 0.25) is 0 Å². The lowest BCUT2D eigenvalue weighted by molar-refractivity contribution is -0.137. The highest BCUT2D eigenvalue weighted by atomic mass is 35.5. The van der Waals surface area contributed by atoms with Gasteiger partial charge in [0.05, 0.1) is 22.9 Å². The summed E-state index contributed by atoms with van der Waals surface area (Å²) in [6, 6.07) is 11.4. The molecule has 1 amide bonds. The van der Waals surface area contributed by atoms with Crippen LogP contribution in [-0.2, 0) is 10.9 Å². The molecular weight excluding hydrogens is 485 g/mol. The minimum atomic E-state index is -4.49. The Morgan fingerprint density at radius 2 is 1.77 bits per heavy atom. The molecule has 0 unspecified atom stereocenters. The van der Waals surface area contributed by atoms with E-state index in [-0.39, 0.29) is 24.7 Å². The Labute approximate surface area is 205 Å². The van der Waals surface area contributed by atoms with E-state index >= 15 is 0 Å². The highest BCUT2D eigenvalue weighted by Gasteiger charge is 2.32. The van der Waals surface area contributed by atoms with E-state index in [9.17, 15) is 18.0 Å². The normalized spacial score (nSPS) is 14.3. The molecule has 1 aromatic heterocycles. The number of aromatic nitrogens is 2. The van der Waals surface area contributed by atoms with Crippen LogP contribution in [0.4, 0.5) is 13.2 Å². The van der Waals surface area contributed by atoms with Crippen LogP contribution >= 0.6 is 11.6 Å². The number of hydrogen-bond acceptors (Lipinski definition) is 5. The molecule has 11 heteroatoms. The summed E-state index contributed by atoms with van der Waals surface area (Å²) < 4.78 is 52.0. The summed E-state index contributed by atoms with van der Waals surface area (Å²) in [7, 11) is 1.51. The number of methoxy groups -OCH3 is 1. The second-order valence-corrected chi connectivity index (χ2v) is 8.35. The van der Waals surface area contributed by atoms with Gasteiger partial charge in [-0.1, -0.05) is 35.9 Å². The van der Waals surface area contributed by atoms with Gasteiger partial charge in [0.25, 0.3) is 5.91 Å². The monoisotopic (exact) mass is 508 g/mol. The van der Waals surface area contributed by atoms with E-state index in [2.05, 4.69) is 10.5 Å². The maximum atomic E-state index is 13.2. The number of nitrogens with zero attached hydrogens (tertiary/aromatic N) is 3. The molecule has 1 saturated heterocycles. The number of carbonyl (C=O) groups is 1. The van der Waals surface area contributed by atoms with Crippen molar-refractivity contribution < 1.29 is 27.4 Å². The molecule has 0 atom stereocenters. The summed E-state index contributed by atoms with van der Waals surface area (Å²) in [4.78, 5) is 13.2. The average Bonchev–Trinajstić information content (AvgIpc) is 3.47. The largest absolute Gasteiger partial charge is 0.486 e. The zero-order chi connectivity index (χ0) is 25.0. The predicted molar refractivity (Wildman–Crippen MR) is 125 cm³/mol. The number of benzene rings is 2. The molecule has 0 aliphatic carbocycles. The molecule has 0 spiro atoms. The van der Waals surface area contributed by atoms with Gasteiger partial charge in [0.15, 0.2) is 11.4 Å². The van der Waals surface area contributed by atoms with E-state index in [0.717, 1.165) is 25.0 Å². The summed E-state index contributed by atoms with van der Waals surface area (Å²) in [5.74, 6) is -0.364. The number of para-hydroxylation sites is 1. The fraction of sp³-hybridized carbons (Fsp3) is 0.333. The number of alkyl halides is 3. The lowest BCUT2D eigenvalue weighted by atomic mass is 10.1. The summed E-state index contributed by atoms with van der Waals surface area (Å²) in [5.41, 5.74) is 3.15. The smallest absolute Gasteiger partial charge is 0.416 e. The van der Waals surface area contributed by atoms with Crippen LogP contribution in [0.3, 0.4) is 0 Å². The second-order valence-electron chi connectivity index (χ2n) is 7.94. The van der Waals surface area contributed by atoms with Gasteiger partial charge in [-0.05, 0) is 37.1 Å². The summed E-state index contributed by atoms with van der Waals surface area (Å²) in [6.07, 6.45) is -2.56. The molecule has 1 N–H and O–H groups in total. The summed E-state index contributed by atoms with van der Waals surface area (Å²) >= 11 is 6.43. The molecular formula is C24H24ClF3N4O3. The maximum absolute atomic E-state index is 13.2. The van der Waals surface area contributed by atoms with Gasteiger partial charge in [-0.3, -0.25) is 10.2 Å². The quantitative estimate of drug-likeness (QED) is 0.435. The zero-order valence-corrected chi connectivity index (χ0v) is 19.7. The third kappa shape index (κ3) is 5.61. The minimum Gasteiger partial charge on any atom is -0.486 e. The molecule has 0 bridgehead atoms. The van der Waals surface area contributed by atoms with Crippen LogP contribution in [0.15, 0.2) is 48.5 Å². The number of hydrogen-bond donors (Lipinski definition) is 1. The van der Waals surface area contributed by atoms with Crippen LogP contribution < -0.4 is 10.2 Å². The zero-order valence-electron chi connectivity index (χ0n) is 18.9. The first kappa shape index (κ1) is 25.0. The van der Waals surface area contributed by atoms with Crippen molar-refractivity contribution in [3.8, 4) is 22.7 Å². The van der Waals surface area contributed by atoms with Crippen molar-refractivity contribution in [1.82, 2.24) is 20.2 Å². The van der Waals surface area contributed by atoms with Crippen molar-refractivity contribution in [3.05, 3.63) is 64.8 Å². The van der Waals surface area contributed by atoms with Crippen molar-refractivity contribution in [3.63, 3.8) is 0 Å². The van der Waals surface area contributed by atoms with Gasteiger partial charge in [-0.2, -0.15) is 18.3 Å². The molecule has 35 heavy (non-hydrogen) atoms. The fourth-order valence-corrected chi connectivity index (χ4v) is 4.03. The van der Waals surface area contributed by atoms with Gasteiger partial charge in [0, 0.05) is 25.8 Å². The molecule has 2 heterocycles. The predicted octanol–water partition coefficient (Wildman–Crippen LogP) is 4.98. The molecule has 4 rings (SSSR count). The third-order valence-corrected chi connectivity index (χ3v) is 5.84. The fourth-order valence-electron chi connectivity index (χ4n) is 3.81. The maximum Gasteiger partial charge on any atom is 0.416 e. The first-order valence-electron chi connectivity index (χ1n) is 11.0. The van der Waals surface area contributed by atoms with Crippen LogP contribution in [0, 0.1) is 0 Å². The SMILES string of the molecule is COCCOc1c(C(=O)NN2CCCC2)nn(-c2ccccc2Cl)c1-c1ccc(C(F)(F)F)cc1. The molecule has 3 aromatic rings. The Hall–Kier alpha value is -3.08. The first-order valence-corrected chi connectivity index (χ1v) is 11.4. The van der Waals surface area contributed by atoms with Crippen LogP contribution in [0.25, 0.3) is 16.9 Å². The Bertz CT molecular complexity index is 1180. The van der Waals surface area contributed by atoms with Crippen molar-refractivity contribution in [2.24, 2.45) is 0 Å². The molecule has 2 aromatic carbocycles. The van der Waals surface area contributed by atoms with Crippen LogP contribution in [0.2, 0.25) is 5.02 Å². The van der Waals surface area contributed by atoms with E-state index in [1.54, 1.807) is 29.3 Å². The number of nitrogens with one attached hydrogen (secondary N) is 1. The Balaban J connectivity index is 1.86. The molecule has 0 radical (unpaired) electrons. The van der Waals surface area contributed by atoms with Gasteiger partial charge >= 0.3 is 6.18 Å². The van der Waals surface area contributed by atoms with E-state index in [1.807, 2.05) is 0 Å². The van der Waals surface area contributed by atoms with Crippen molar-refractivity contribution in [2.45, 2.75) is 19.0 Å². The topological polar surface area (TPSA) is 68.6 Å². The van der Waals surface area contributed by atoms with Gasteiger partial charge in [-0.15, -0.1) is 0 Å². The van der Waals surface area contributed by atoms with E-state index in [0.29, 0.717) is 35.1 Å². The molecule has 1 aliphatic heterocycles. The third-order valence-electron chi connectivity index (χ3n) is 5.52. The number of carbonyl (C=O) groups excluding carboxylic acids is 1. The van der Waals surface area contributed by atoms with Crippen molar-refractivity contribution in [1.29, 1.82) is 0 Å². The summed E-state index contributed by atoms with van der Waals surface area (Å²) in [5, 5.41) is 6.66. The van der Waals surface area contributed by atoms with Gasteiger partial charge in [0.1, 0.15) is 12.3 Å². The summed E-state index contributed by atoms with van der Waals surface area (Å²) in [6.45, 7) is 1.75. The first-order chi connectivity index (χ1) is 16.8. The van der Waals surface area contributed by atoms with Crippen molar-refractivity contribution in [2.75, 3.05) is 33.4 Å². The number of halogens is 4. The Morgan fingerprint density at radius 1 is 1.09 bits per heavy atom. The molecule has 0 saturated carbocycles. The van der Waals surface area contributed by atoms with E-state index in [1.165, 1.54) is 23.9 Å². The number of amides is 1. The highest BCUT2D eigenvalue weighted by Crippen LogP contribution is 2.39. The number of hydrazine groups is 1. The Morgan fingerprint density at radius 3 is 2.40 bits per heavy atom. The molecule has 186 valence electrons. The second kappa shape index (κ2) is 10.7. The Kier molecular flexibility index (Phi) is 7.63. The highest BCUT2D eigenvalue weighted by molar-refractivity contribution is 6.32. The minimum absolute atomic E-state index is 0.0113. The van der Waals surface area contributed by atoms with Crippen LogP contribution in [-0.4, -0.2) is 54.1 Å². The van der Waals surface area contributed by atoms with Crippen LogP contribution in [0.1, 0.15) is 28.9 Å².